The minimum absolute atomic E-state index is 0.211. The third-order valence-electron chi connectivity index (χ3n) is 4.76. The van der Waals surface area contributed by atoms with Crippen LogP contribution in [0.15, 0.2) is 53.1 Å². The molecule has 2 amide bonds. The number of amides is 2. The molecular formula is C20H14N2O3S. The number of nitrogens with zero attached hydrogens (tertiary/aromatic N) is 1. The number of hydrogen-bond donors (Lipinski definition) is 1. The summed E-state index contributed by atoms with van der Waals surface area (Å²) < 4.78 is 6.87. The maximum atomic E-state index is 12.2. The highest BCUT2D eigenvalue weighted by Crippen LogP contribution is 2.36. The summed E-state index contributed by atoms with van der Waals surface area (Å²) in [6.07, 6.45) is 2.50. The van der Waals surface area contributed by atoms with Crippen LogP contribution < -0.4 is 5.32 Å². The number of carbonyl (C=O) groups excluding carboxylic acids is 2. The zero-order valence-electron chi connectivity index (χ0n) is 13.7. The SMILES string of the molecule is O=C1CCC(c2coc3cc(-c4nc5ccccc5s4)ccc23)C(=O)N1. The molecule has 3 heterocycles. The Balaban J connectivity index is 1.55. The van der Waals surface area contributed by atoms with E-state index in [1.54, 1.807) is 17.6 Å². The first-order chi connectivity index (χ1) is 12.7. The standard InChI is InChI=1S/C20H14N2O3S/c23-18-8-7-13(19(24)22-18)14-10-25-16-9-11(5-6-12(14)16)20-21-15-3-1-2-4-17(15)26-20/h1-6,9-10,13H,7-8H2,(H,22,23,24). The lowest BCUT2D eigenvalue weighted by atomic mass is 9.90. The van der Waals surface area contributed by atoms with Gasteiger partial charge < -0.3 is 4.42 Å². The molecule has 1 aliphatic heterocycles. The molecule has 5 rings (SSSR count). The topological polar surface area (TPSA) is 72.2 Å². The monoisotopic (exact) mass is 362 g/mol. The van der Waals surface area contributed by atoms with Crippen molar-refractivity contribution in [1.82, 2.24) is 10.3 Å². The number of rotatable bonds is 2. The van der Waals surface area contributed by atoms with Crippen LogP contribution in [0.25, 0.3) is 31.8 Å². The molecule has 6 heteroatoms. The van der Waals surface area contributed by atoms with Crippen LogP contribution in [0.2, 0.25) is 0 Å². The van der Waals surface area contributed by atoms with Gasteiger partial charge >= 0.3 is 0 Å². The van der Waals surface area contributed by atoms with E-state index in [0.717, 1.165) is 37.3 Å². The third-order valence-corrected chi connectivity index (χ3v) is 5.85. The van der Waals surface area contributed by atoms with Gasteiger partial charge in [0, 0.05) is 22.9 Å². The fourth-order valence-corrected chi connectivity index (χ4v) is 4.40. The number of hydrogen-bond acceptors (Lipinski definition) is 5. The summed E-state index contributed by atoms with van der Waals surface area (Å²) in [4.78, 5) is 28.2. The number of benzene rings is 2. The second-order valence-corrected chi connectivity index (χ2v) is 7.42. The molecule has 1 saturated heterocycles. The molecule has 1 N–H and O–H groups in total. The first-order valence-electron chi connectivity index (χ1n) is 8.40. The molecular weight excluding hydrogens is 348 g/mol. The Morgan fingerprint density at radius 3 is 2.88 bits per heavy atom. The molecule has 128 valence electrons. The Hall–Kier alpha value is -2.99. The normalized spacial score (nSPS) is 17.8. The molecule has 1 unspecified atom stereocenters. The van der Waals surface area contributed by atoms with Crippen molar-refractivity contribution < 1.29 is 14.0 Å². The molecule has 0 bridgehead atoms. The van der Waals surface area contributed by atoms with Crippen molar-refractivity contribution in [2.45, 2.75) is 18.8 Å². The van der Waals surface area contributed by atoms with Gasteiger partial charge in [-0.2, -0.15) is 0 Å². The van der Waals surface area contributed by atoms with E-state index in [-0.39, 0.29) is 17.7 Å². The van der Waals surface area contributed by atoms with E-state index >= 15 is 0 Å². The Kier molecular flexibility index (Phi) is 3.39. The number of carbonyl (C=O) groups is 2. The summed E-state index contributed by atoms with van der Waals surface area (Å²) in [5.41, 5.74) is 3.53. The predicted molar refractivity (Wildman–Crippen MR) is 100.0 cm³/mol. The van der Waals surface area contributed by atoms with Crippen LogP contribution in [-0.4, -0.2) is 16.8 Å². The maximum absolute atomic E-state index is 12.2. The summed E-state index contributed by atoms with van der Waals surface area (Å²) in [5.74, 6) is -0.807. The van der Waals surface area contributed by atoms with Crippen LogP contribution >= 0.6 is 11.3 Å². The fraction of sp³-hybridized carbons (Fsp3) is 0.150. The lowest BCUT2D eigenvalue weighted by Crippen LogP contribution is -2.39. The van der Waals surface area contributed by atoms with Crippen LogP contribution in [0.5, 0.6) is 0 Å². The van der Waals surface area contributed by atoms with E-state index in [1.165, 1.54) is 0 Å². The number of thiazole rings is 1. The molecule has 2 aromatic heterocycles. The van der Waals surface area contributed by atoms with Crippen molar-refractivity contribution in [2.24, 2.45) is 0 Å². The van der Waals surface area contributed by atoms with Crippen LogP contribution in [0.3, 0.4) is 0 Å². The molecule has 26 heavy (non-hydrogen) atoms. The minimum atomic E-state index is -0.345. The second-order valence-electron chi connectivity index (χ2n) is 6.39. The number of aromatic nitrogens is 1. The molecule has 0 saturated carbocycles. The number of para-hydroxylation sites is 1. The van der Waals surface area contributed by atoms with Crippen molar-refractivity contribution >= 4 is 44.3 Å². The van der Waals surface area contributed by atoms with E-state index < -0.39 is 0 Å². The summed E-state index contributed by atoms with van der Waals surface area (Å²) in [7, 11) is 0. The van der Waals surface area contributed by atoms with Gasteiger partial charge in [0.2, 0.25) is 11.8 Å². The Labute approximate surface area is 152 Å². The highest BCUT2D eigenvalue weighted by molar-refractivity contribution is 7.21. The average Bonchev–Trinajstić information content (AvgIpc) is 3.25. The number of imide groups is 1. The van der Waals surface area contributed by atoms with E-state index in [9.17, 15) is 9.59 Å². The Morgan fingerprint density at radius 2 is 2.04 bits per heavy atom. The first-order valence-corrected chi connectivity index (χ1v) is 9.21. The predicted octanol–water partition coefficient (Wildman–Crippen LogP) is 4.23. The smallest absolute Gasteiger partial charge is 0.234 e. The van der Waals surface area contributed by atoms with E-state index in [0.29, 0.717) is 12.8 Å². The Morgan fingerprint density at radius 1 is 1.15 bits per heavy atom. The van der Waals surface area contributed by atoms with Crippen molar-refractivity contribution in [3.8, 4) is 10.6 Å². The number of piperidine rings is 1. The van der Waals surface area contributed by atoms with Gasteiger partial charge in [-0.3, -0.25) is 14.9 Å². The number of fused-ring (bicyclic) bond motifs is 2. The molecule has 5 nitrogen and oxygen atoms in total. The van der Waals surface area contributed by atoms with E-state index in [4.69, 9.17) is 4.42 Å². The zero-order valence-corrected chi connectivity index (χ0v) is 14.5. The van der Waals surface area contributed by atoms with Gasteiger partial charge in [-0.15, -0.1) is 11.3 Å². The van der Waals surface area contributed by atoms with Gasteiger partial charge in [-0.1, -0.05) is 24.3 Å². The third kappa shape index (κ3) is 2.42. The van der Waals surface area contributed by atoms with E-state index in [2.05, 4.69) is 16.4 Å². The summed E-state index contributed by atoms with van der Waals surface area (Å²) in [6.45, 7) is 0. The van der Waals surface area contributed by atoms with Crippen LogP contribution in [0.1, 0.15) is 24.3 Å². The molecule has 1 fully saturated rings. The van der Waals surface area contributed by atoms with Crippen LogP contribution in [0, 0.1) is 0 Å². The molecule has 4 aromatic rings. The second kappa shape index (κ2) is 5.78. The summed E-state index contributed by atoms with van der Waals surface area (Å²) in [6, 6.07) is 14.0. The van der Waals surface area contributed by atoms with Gasteiger partial charge in [0.25, 0.3) is 0 Å². The van der Waals surface area contributed by atoms with Crippen molar-refractivity contribution in [2.75, 3.05) is 0 Å². The van der Waals surface area contributed by atoms with Crippen molar-refractivity contribution in [3.63, 3.8) is 0 Å². The zero-order chi connectivity index (χ0) is 17.7. The average molecular weight is 362 g/mol. The van der Waals surface area contributed by atoms with Crippen LogP contribution in [-0.2, 0) is 9.59 Å². The molecule has 0 aliphatic carbocycles. The lowest BCUT2D eigenvalue weighted by molar-refractivity contribution is -0.134. The summed E-state index contributed by atoms with van der Waals surface area (Å²) in [5, 5.41) is 4.25. The Bertz CT molecular complexity index is 1140. The molecule has 2 aromatic carbocycles. The fourth-order valence-electron chi connectivity index (χ4n) is 3.44. The van der Waals surface area contributed by atoms with Gasteiger partial charge in [-0.05, 0) is 24.6 Å². The highest BCUT2D eigenvalue weighted by Gasteiger charge is 2.30. The van der Waals surface area contributed by atoms with Gasteiger partial charge in [0.1, 0.15) is 10.6 Å². The maximum Gasteiger partial charge on any atom is 0.234 e. The van der Waals surface area contributed by atoms with Crippen molar-refractivity contribution in [3.05, 3.63) is 54.3 Å². The van der Waals surface area contributed by atoms with Gasteiger partial charge in [0.05, 0.1) is 22.4 Å². The largest absolute Gasteiger partial charge is 0.464 e. The molecule has 1 aliphatic rings. The van der Waals surface area contributed by atoms with E-state index in [1.807, 2.05) is 36.4 Å². The van der Waals surface area contributed by atoms with Gasteiger partial charge in [-0.25, -0.2) is 4.98 Å². The van der Waals surface area contributed by atoms with Crippen LogP contribution in [0.4, 0.5) is 0 Å². The van der Waals surface area contributed by atoms with Crippen molar-refractivity contribution in [1.29, 1.82) is 0 Å². The summed E-state index contributed by atoms with van der Waals surface area (Å²) >= 11 is 1.64. The quantitative estimate of drug-likeness (QED) is 0.542. The highest BCUT2D eigenvalue weighted by atomic mass is 32.1. The lowest BCUT2D eigenvalue weighted by Gasteiger charge is -2.19. The van der Waals surface area contributed by atoms with Gasteiger partial charge in [0.15, 0.2) is 0 Å². The molecule has 0 radical (unpaired) electrons. The number of furan rings is 1. The number of nitrogens with one attached hydrogen (secondary N) is 1. The molecule has 1 atom stereocenters. The molecule has 0 spiro atoms. The minimum Gasteiger partial charge on any atom is -0.464 e. The first kappa shape index (κ1) is 15.3.